The van der Waals surface area contributed by atoms with E-state index in [0.717, 1.165) is 11.4 Å². The molecule has 3 N–H and O–H groups in total. The van der Waals surface area contributed by atoms with Crippen molar-refractivity contribution in [2.75, 3.05) is 18.1 Å². The van der Waals surface area contributed by atoms with Crippen molar-refractivity contribution in [3.8, 4) is 11.1 Å². The zero-order chi connectivity index (χ0) is 12.4. The predicted octanol–water partition coefficient (Wildman–Crippen LogP) is 3.59. The lowest BCUT2D eigenvalue weighted by molar-refractivity contribution is 1.39. The van der Waals surface area contributed by atoms with E-state index in [0.29, 0.717) is 0 Å². The summed E-state index contributed by atoms with van der Waals surface area (Å²) in [4.78, 5) is 0. The molecule has 2 aromatic carbocycles. The molecule has 0 aliphatic rings. The second-order valence-corrected chi connectivity index (χ2v) is 4.35. The van der Waals surface area contributed by atoms with E-state index in [4.69, 9.17) is 5.73 Å². The summed E-state index contributed by atoms with van der Waals surface area (Å²) in [5, 5.41) is 3.15. The van der Waals surface area contributed by atoms with Gasteiger partial charge in [0.25, 0.3) is 0 Å². The predicted molar refractivity (Wildman–Crippen MR) is 75.3 cm³/mol. The maximum atomic E-state index is 5.78. The molecule has 2 heteroatoms. The Morgan fingerprint density at radius 3 is 2.00 bits per heavy atom. The minimum Gasteiger partial charge on any atom is -0.399 e. The highest BCUT2D eigenvalue weighted by Crippen LogP contribution is 2.29. The molecule has 0 aromatic heterocycles. The van der Waals surface area contributed by atoms with Gasteiger partial charge in [0.15, 0.2) is 0 Å². The maximum absolute atomic E-state index is 5.78. The van der Waals surface area contributed by atoms with E-state index in [2.05, 4.69) is 43.4 Å². The Balaban J connectivity index is 2.53. The van der Waals surface area contributed by atoms with Crippen LogP contribution in [0.15, 0.2) is 36.4 Å². The zero-order valence-corrected chi connectivity index (χ0v) is 10.5. The molecule has 0 bridgehead atoms. The highest BCUT2D eigenvalue weighted by Gasteiger charge is 2.05. The number of rotatable bonds is 2. The monoisotopic (exact) mass is 226 g/mol. The molecule has 0 atom stereocenters. The molecule has 2 rings (SSSR count). The Morgan fingerprint density at radius 1 is 0.882 bits per heavy atom. The Hall–Kier alpha value is -1.96. The van der Waals surface area contributed by atoms with Crippen LogP contribution in [0.3, 0.4) is 0 Å². The van der Waals surface area contributed by atoms with E-state index in [1.807, 2.05) is 19.2 Å². The van der Waals surface area contributed by atoms with Crippen molar-refractivity contribution in [1.82, 2.24) is 0 Å². The van der Waals surface area contributed by atoms with E-state index in [9.17, 15) is 0 Å². The van der Waals surface area contributed by atoms with Gasteiger partial charge in [-0.05, 0) is 60.4 Å². The van der Waals surface area contributed by atoms with Gasteiger partial charge in [0.05, 0.1) is 0 Å². The molecule has 0 saturated carbocycles. The third-order valence-electron chi connectivity index (χ3n) is 3.06. The van der Waals surface area contributed by atoms with Gasteiger partial charge in [0.2, 0.25) is 0 Å². The number of nitrogens with two attached hydrogens (primary N) is 1. The highest BCUT2D eigenvalue weighted by atomic mass is 14.8. The third kappa shape index (κ3) is 2.26. The molecule has 0 unspecified atom stereocenters. The maximum Gasteiger partial charge on any atom is 0.0340 e. The van der Waals surface area contributed by atoms with Gasteiger partial charge in [-0.1, -0.05) is 12.1 Å². The molecule has 0 aliphatic carbocycles. The van der Waals surface area contributed by atoms with Gasteiger partial charge in [-0.15, -0.1) is 0 Å². The van der Waals surface area contributed by atoms with Crippen molar-refractivity contribution >= 4 is 11.4 Å². The molecule has 0 amide bonds. The van der Waals surface area contributed by atoms with Crippen LogP contribution in [0.5, 0.6) is 0 Å². The number of nitrogens with one attached hydrogen (secondary N) is 1. The first kappa shape index (κ1) is 11.5. The Morgan fingerprint density at radius 2 is 1.47 bits per heavy atom. The van der Waals surface area contributed by atoms with E-state index in [-0.39, 0.29) is 0 Å². The van der Waals surface area contributed by atoms with Crippen LogP contribution >= 0.6 is 0 Å². The summed E-state index contributed by atoms with van der Waals surface area (Å²) in [7, 11) is 1.93. The number of hydrogen-bond acceptors (Lipinski definition) is 2. The Kier molecular flexibility index (Phi) is 3.05. The molecule has 2 aromatic rings. The molecule has 0 saturated heterocycles. The van der Waals surface area contributed by atoms with E-state index < -0.39 is 0 Å². The number of hydrogen-bond donors (Lipinski definition) is 2. The van der Waals surface area contributed by atoms with E-state index in [1.54, 1.807) is 0 Å². The summed E-state index contributed by atoms with van der Waals surface area (Å²) in [5.41, 5.74) is 12.7. The van der Waals surface area contributed by atoms with Crippen LogP contribution in [0.4, 0.5) is 11.4 Å². The fraction of sp³-hybridized carbons (Fsp3) is 0.200. The fourth-order valence-corrected chi connectivity index (χ4v) is 2.11. The summed E-state index contributed by atoms with van der Waals surface area (Å²) >= 11 is 0. The first-order chi connectivity index (χ1) is 8.11. The van der Waals surface area contributed by atoms with Crippen molar-refractivity contribution in [2.24, 2.45) is 0 Å². The Bertz CT molecular complexity index is 545. The molecular weight excluding hydrogens is 208 g/mol. The van der Waals surface area contributed by atoms with Crippen molar-refractivity contribution in [2.45, 2.75) is 13.8 Å². The van der Waals surface area contributed by atoms with Crippen LogP contribution in [0, 0.1) is 13.8 Å². The Labute approximate surface area is 102 Å². The molecule has 2 nitrogen and oxygen atoms in total. The lowest BCUT2D eigenvalue weighted by Crippen LogP contribution is -1.93. The van der Waals surface area contributed by atoms with Crippen molar-refractivity contribution in [1.29, 1.82) is 0 Å². The quantitative estimate of drug-likeness (QED) is 0.768. The minimum atomic E-state index is 0.816. The van der Waals surface area contributed by atoms with Gasteiger partial charge in [-0.2, -0.15) is 0 Å². The van der Waals surface area contributed by atoms with Crippen LogP contribution in [-0.4, -0.2) is 7.05 Å². The lowest BCUT2D eigenvalue weighted by Gasteiger charge is -2.11. The highest BCUT2D eigenvalue weighted by molar-refractivity contribution is 5.74. The van der Waals surface area contributed by atoms with Gasteiger partial charge >= 0.3 is 0 Å². The van der Waals surface area contributed by atoms with Gasteiger partial charge < -0.3 is 11.1 Å². The summed E-state index contributed by atoms with van der Waals surface area (Å²) in [6, 6.07) is 12.5. The third-order valence-corrected chi connectivity index (χ3v) is 3.06. The van der Waals surface area contributed by atoms with Gasteiger partial charge in [0.1, 0.15) is 0 Å². The standard InChI is InChI=1S/C15H18N2/c1-10-8-12(16)4-6-14(10)15-7-5-13(17-3)9-11(15)2/h4-9,17H,16H2,1-3H3. The molecule has 88 valence electrons. The normalized spacial score (nSPS) is 10.3. The molecule has 0 heterocycles. The van der Waals surface area contributed by atoms with Gasteiger partial charge in [-0.25, -0.2) is 0 Å². The fourth-order valence-electron chi connectivity index (χ4n) is 2.11. The zero-order valence-electron chi connectivity index (χ0n) is 10.5. The van der Waals surface area contributed by atoms with Gasteiger partial charge in [0, 0.05) is 18.4 Å². The van der Waals surface area contributed by atoms with Crippen LogP contribution in [0.2, 0.25) is 0 Å². The SMILES string of the molecule is CNc1ccc(-c2ccc(N)cc2C)c(C)c1. The molecule has 17 heavy (non-hydrogen) atoms. The number of benzene rings is 2. The topological polar surface area (TPSA) is 38.0 Å². The van der Waals surface area contributed by atoms with E-state index >= 15 is 0 Å². The van der Waals surface area contributed by atoms with Crippen LogP contribution in [0.1, 0.15) is 11.1 Å². The number of anilines is 2. The van der Waals surface area contributed by atoms with Crippen molar-refractivity contribution in [3.63, 3.8) is 0 Å². The molecule has 0 spiro atoms. The van der Waals surface area contributed by atoms with Crippen LogP contribution < -0.4 is 11.1 Å². The average Bonchev–Trinajstić information content (AvgIpc) is 2.30. The second kappa shape index (κ2) is 4.50. The summed E-state index contributed by atoms with van der Waals surface area (Å²) in [6.45, 7) is 4.23. The van der Waals surface area contributed by atoms with Crippen LogP contribution in [0.25, 0.3) is 11.1 Å². The number of aryl methyl sites for hydroxylation is 2. The first-order valence-electron chi connectivity index (χ1n) is 5.76. The number of nitrogen functional groups attached to an aromatic ring is 1. The first-order valence-corrected chi connectivity index (χ1v) is 5.76. The summed E-state index contributed by atoms with van der Waals surface area (Å²) in [5.74, 6) is 0. The largest absolute Gasteiger partial charge is 0.399 e. The molecule has 0 aliphatic heterocycles. The lowest BCUT2D eigenvalue weighted by atomic mass is 9.96. The molecule has 0 radical (unpaired) electrons. The van der Waals surface area contributed by atoms with Gasteiger partial charge in [-0.3, -0.25) is 0 Å². The van der Waals surface area contributed by atoms with Crippen molar-refractivity contribution < 1.29 is 0 Å². The second-order valence-electron chi connectivity index (χ2n) is 4.35. The summed E-state index contributed by atoms with van der Waals surface area (Å²) < 4.78 is 0. The van der Waals surface area contributed by atoms with E-state index in [1.165, 1.54) is 22.3 Å². The summed E-state index contributed by atoms with van der Waals surface area (Å²) in [6.07, 6.45) is 0. The smallest absolute Gasteiger partial charge is 0.0340 e. The minimum absolute atomic E-state index is 0.816. The molecule has 0 fully saturated rings. The van der Waals surface area contributed by atoms with Crippen LogP contribution in [-0.2, 0) is 0 Å². The molecular formula is C15H18N2. The average molecular weight is 226 g/mol. The van der Waals surface area contributed by atoms with Crippen molar-refractivity contribution in [3.05, 3.63) is 47.5 Å².